The predicted molar refractivity (Wildman–Crippen MR) is 83.8 cm³/mol. The maximum absolute atomic E-state index is 12.7. The molecule has 3 rings (SSSR count). The summed E-state index contributed by atoms with van der Waals surface area (Å²) in [5, 5.41) is 14.0. The van der Waals surface area contributed by atoms with Crippen molar-refractivity contribution in [1.29, 1.82) is 0 Å². The summed E-state index contributed by atoms with van der Waals surface area (Å²) >= 11 is 1.64. The molecule has 114 valence electrons. The first kappa shape index (κ1) is 14.8. The Kier molecular flexibility index (Phi) is 3.78. The van der Waals surface area contributed by atoms with Gasteiger partial charge in [-0.25, -0.2) is 4.68 Å². The minimum absolute atomic E-state index is 0.0781. The van der Waals surface area contributed by atoms with E-state index in [-0.39, 0.29) is 23.0 Å². The average Bonchev–Trinajstić information content (AvgIpc) is 2.88. The van der Waals surface area contributed by atoms with E-state index in [1.807, 2.05) is 13.0 Å². The van der Waals surface area contributed by atoms with Crippen LogP contribution in [0.25, 0.3) is 0 Å². The number of hydrogen-bond acceptors (Lipinski definition) is 5. The fourth-order valence-electron chi connectivity index (χ4n) is 2.69. The monoisotopic (exact) mass is 316 g/mol. The van der Waals surface area contributed by atoms with Crippen LogP contribution in [0.1, 0.15) is 45.2 Å². The van der Waals surface area contributed by atoms with Crippen molar-refractivity contribution in [2.75, 3.05) is 5.75 Å². The highest BCUT2D eigenvalue weighted by molar-refractivity contribution is 7.99. The van der Waals surface area contributed by atoms with Crippen molar-refractivity contribution >= 4 is 23.3 Å². The molecule has 1 aliphatic heterocycles. The van der Waals surface area contributed by atoms with Crippen LogP contribution in [0.15, 0.2) is 23.2 Å². The van der Waals surface area contributed by atoms with E-state index in [4.69, 9.17) is 0 Å². The molecule has 1 N–H and O–H groups in total. The van der Waals surface area contributed by atoms with Gasteiger partial charge in [-0.3, -0.25) is 9.59 Å². The first-order chi connectivity index (χ1) is 10.5. The Balaban J connectivity index is 2.09. The van der Waals surface area contributed by atoms with Crippen LogP contribution in [0.5, 0.6) is 5.88 Å². The lowest BCUT2D eigenvalue weighted by atomic mass is 9.93. The van der Waals surface area contributed by atoms with E-state index in [9.17, 15) is 14.7 Å². The van der Waals surface area contributed by atoms with E-state index in [2.05, 4.69) is 5.10 Å². The molecule has 6 heteroatoms. The van der Waals surface area contributed by atoms with Crippen molar-refractivity contribution in [2.45, 2.75) is 31.7 Å². The van der Waals surface area contributed by atoms with Gasteiger partial charge in [-0.15, -0.1) is 11.8 Å². The molecule has 0 spiro atoms. The highest BCUT2D eigenvalue weighted by atomic mass is 32.2. The quantitative estimate of drug-likeness (QED) is 0.882. The van der Waals surface area contributed by atoms with Gasteiger partial charge < -0.3 is 5.11 Å². The van der Waals surface area contributed by atoms with Gasteiger partial charge in [-0.1, -0.05) is 0 Å². The van der Waals surface area contributed by atoms with E-state index < -0.39 is 0 Å². The number of carbonyl (C=O) groups excluding carboxylic acids is 2. The number of nitrogens with zero attached hydrogens (tertiary/aromatic N) is 2. The van der Waals surface area contributed by atoms with E-state index in [0.717, 1.165) is 10.6 Å². The third-order valence-electron chi connectivity index (χ3n) is 3.89. The van der Waals surface area contributed by atoms with Gasteiger partial charge in [0.2, 0.25) is 5.88 Å². The minimum atomic E-state index is -0.305. The third-order valence-corrected chi connectivity index (χ3v) is 4.95. The van der Waals surface area contributed by atoms with E-state index in [1.54, 1.807) is 24.8 Å². The second-order valence-corrected chi connectivity index (χ2v) is 6.30. The molecule has 0 atom stereocenters. The van der Waals surface area contributed by atoms with Crippen molar-refractivity contribution in [2.24, 2.45) is 0 Å². The second kappa shape index (κ2) is 5.61. The lowest BCUT2D eigenvalue weighted by molar-refractivity contribution is 0.0984. The Bertz CT molecular complexity index is 780. The van der Waals surface area contributed by atoms with Crippen molar-refractivity contribution in [3.05, 3.63) is 40.6 Å². The Hall–Kier alpha value is -2.08. The molecule has 22 heavy (non-hydrogen) atoms. The topological polar surface area (TPSA) is 72.2 Å². The summed E-state index contributed by atoms with van der Waals surface area (Å²) in [5.74, 6) is 0.420. The smallest absolute Gasteiger partial charge is 0.220 e. The first-order valence-corrected chi connectivity index (χ1v) is 8.12. The number of fused-ring (bicyclic) bond motifs is 1. The molecule has 0 amide bonds. The highest BCUT2D eigenvalue weighted by Crippen LogP contribution is 2.34. The molecule has 1 aliphatic rings. The van der Waals surface area contributed by atoms with Crippen LogP contribution in [0, 0.1) is 6.92 Å². The van der Waals surface area contributed by atoms with Gasteiger partial charge in [-0.2, -0.15) is 5.10 Å². The summed E-state index contributed by atoms with van der Waals surface area (Å²) in [4.78, 5) is 25.8. The summed E-state index contributed by atoms with van der Waals surface area (Å²) < 4.78 is 1.36. The van der Waals surface area contributed by atoms with Crippen molar-refractivity contribution in [1.82, 2.24) is 9.78 Å². The molecule has 2 aromatic rings. The molecule has 5 nitrogen and oxygen atoms in total. The van der Waals surface area contributed by atoms with E-state index in [0.29, 0.717) is 29.7 Å². The first-order valence-electron chi connectivity index (χ1n) is 7.13. The van der Waals surface area contributed by atoms with Gasteiger partial charge in [0, 0.05) is 34.7 Å². The second-order valence-electron chi connectivity index (χ2n) is 5.16. The summed E-state index contributed by atoms with van der Waals surface area (Å²) in [7, 11) is 0. The number of Topliss-reactive ketones (excluding diaryl/α,β-unsaturated/α-hetero) is 1. The zero-order valence-corrected chi connectivity index (χ0v) is 13.2. The third kappa shape index (κ3) is 2.23. The van der Waals surface area contributed by atoms with Gasteiger partial charge >= 0.3 is 0 Å². The largest absolute Gasteiger partial charge is 0.493 e. The molecule has 1 aromatic heterocycles. The number of benzene rings is 1. The summed E-state index contributed by atoms with van der Waals surface area (Å²) in [5.41, 5.74) is 1.94. The maximum atomic E-state index is 12.7. The molecule has 0 aliphatic carbocycles. The van der Waals surface area contributed by atoms with Crippen molar-refractivity contribution in [3.63, 3.8) is 0 Å². The standard InChI is InChI=1S/C16H16N2O3S/c1-3-18-16(21)11(8-17-18)15(20)10-4-5-13-14(9(10)2)12(19)6-7-22-13/h4-5,8,21H,3,6-7H2,1-2H3. The number of hydrogen-bond donors (Lipinski definition) is 1. The fourth-order valence-corrected chi connectivity index (χ4v) is 3.78. The fraction of sp³-hybridized carbons (Fsp3) is 0.312. The van der Waals surface area contributed by atoms with Crippen LogP contribution in [0.4, 0.5) is 0 Å². The molecule has 0 radical (unpaired) electrons. The Morgan fingerprint density at radius 1 is 1.41 bits per heavy atom. The van der Waals surface area contributed by atoms with Crippen LogP contribution in [0.2, 0.25) is 0 Å². The van der Waals surface area contributed by atoms with Crippen molar-refractivity contribution < 1.29 is 14.7 Å². The molecular weight excluding hydrogens is 300 g/mol. The van der Waals surface area contributed by atoms with E-state index in [1.165, 1.54) is 10.9 Å². The lowest BCUT2D eigenvalue weighted by Gasteiger charge is -2.18. The number of carbonyl (C=O) groups is 2. The number of aryl methyl sites for hydroxylation is 1. The molecule has 0 saturated heterocycles. The number of aromatic hydroxyl groups is 1. The van der Waals surface area contributed by atoms with Crippen LogP contribution < -0.4 is 0 Å². The van der Waals surface area contributed by atoms with Gasteiger partial charge in [0.05, 0.1) is 6.20 Å². The Labute approximate surface area is 132 Å². The SMILES string of the molecule is CCn1ncc(C(=O)c2ccc3c(c2C)C(=O)CCS3)c1O. The normalized spacial score (nSPS) is 14.0. The van der Waals surface area contributed by atoms with Crippen LogP contribution >= 0.6 is 11.8 Å². The van der Waals surface area contributed by atoms with Crippen LogP contribution in [0.3, 0.4) is 0 Å². The maximum Gasteiger partial charge on any atom is 0.220 e. The molecule has 0 unspecified atom stereocenters. The number of aromatic nitrogens is 2. The zero-order chi connectivity index (χ0) is 15.9. The van der Waals surface area contributed by atoms with Gasteiger partial charge in [0.15, 0.2) is 11.6 Å². The number of thioether (sulfide) groups is 1. The summed E-state index contributed by atoms with van der Waals surface area (Å²) in [6.45, 7) is 4.11. The Morgan fingerprint density at radius 2 is 2.18 bits per heavy atom. The molecular formula is C16H16N2O3S. The Morgan fingerprint density at radius 3 is 2.86 bits per heavy atom. The molecule has 1 aromatic carbocycles. The van der Waals surface area contributed by atoms with Crippen LogP contribution in [-0.4, -0.2) is 32.2 Å². The van der Waals surface area contributed by atoms with Crippen molar-refractivity contribution in [3.8, 4) is 5.88 Å². The predicted octanol–water partition coefficient (Wildman–Crippen LogP) is 2.83. The summed E-state index contributed by atoms with van der Waals surface area (Å²) in [6, 6.07) is 3.55. The van der Waals surface area contributed by atoms with Gasteiger partial charge in [0.1, 0.15) is 5.56 Å². The molecule has 0 fully saturated rings. The number of rotatable bonds is 3. The lowest BCUT2D eigenvalue weighted by Crippen LogP contribution is -2.14. The van der Waals surface area contributed by atoms with E-state index >= 15 is 0 Å². The molecule has 2 heterocycles. The highest BCUT2D eigenvalue weighted by Gasteiger charge is 2.26. The summed E-state index contributed by atoms with van der Waals surface area (Å²) in [6.07, 6.45) is 1.87. The van der Waals surface area contributed by atoms with Gasteiger partial charge in [0.25, 0.3) is 0 Å². The molecule has 0 bridgehead atoms. The number of ketones is 2. The van der Waals surface area contributed by atoms with Crippen LogP contribution in [-0.2, 0) is 6.54 Å². The zero-order valence-electron chi connectivity index (χ0n) is 12.4. The average molecular weight is 316 g/mol. The van der Waals surface area contributed by atoms with Gasteiger partial charge in [-0.05, 0) is 31.5 Å². The molecule has 0 saturated carbocycles. The minimum Gasteiger partial charge on any atom is -0.493 e.